The van der Waals surface area contributed by atoms with Crippen molar-refractivity contribution in [1.29, 1.82) is 0 Å². The normalized spacial score (nSPS) is 13.8. The monoisotopic (exact) mass is 482 g/mol. The first kappa shape index (κ1) is 21.3. The number of ether oxygens (including phenoxy) is 2. The molecule has 2 amide bonds. The molecule has 0 atom stereocenters. The number of carbonyl (C=O) groups is 2. The molecule has 1 fully saturated rings. The van der Waals surface area contributed by atoms with Gasteiger partial charge in [-0.15, -0.1) is 0 Å². The fourth-order valence-electron chi connectivity index (χ4n) is 3.56. The SMILES string of the molecule is Cc1c(NC(=O)COc2ccc3cc(Br)ccc3c2)cccc1C(=O)N1CCOCC1. The van der Waals surface area contributed by atoms with Crippen LogP contribution in [-0.2, 0) is 9.53 Å². The first-order valence-electron chi connectivity index (χ1n) is 10.1. The number of hydrogen-bond acceptors (Lipinski definition) is 4. The molecular weight excluding hydrogens is 460 g/mol. The van der Waals surface area contributed by atoms with E-state index in [0.717, 1.165) is 20.8 Å². The number of nitrogens with one attached hydrogen (secondary N) is 1. The molecule has 6 nitrogen and oxygen atoms in total. The second-order valence-electron chi connectivity index (χ2n) is 7.37. The molecule has 0 bridgehead atoms. The molecule has 31 heavy (non-hydrogen) atoms. The van der Waals surface area contributed by atoms with Crippen LogP contribution in [0, 0.1) is 6.92 Å². The lowest BCUT2D eigenvalue weighted by Gasteiger charge is -2.27. The minimum absolute atomic E-state index is 0.0454. The Morgan fingerprint density at radius 3 is 2.61 bits per heavy atom. The third-order valence-corrected chi connectivity index (χ3v) is 5.77. The minimum atomic E-state index is -0.282. The minimum Gasteiger partial charge on any atom is -0.484 e. The summed E-state index contributed by atoms with van der Waals surface area (Å²) in [6.07, 6.45) is 0. The molecule has 0 aliphatic carbocycles. The number of nitrogens with zero attached hydrogens (tertiary/aromatic N) is 1. The Hall–Kier alpha value is -2.90. The molecule has 1 aliphatic heterocycles. The van der Waals surface area contributed by atoms with Gasteiger partial charge in [-0.3, -0.25) is 9.59 Å². The Bertz CT molecular complexity index is 1130. The fourth-order valence-corrected chi connectivity index (χ4v) is 3.94. The zero-order chi connectivity index (χ0) is 21.8. The Labute approximate surface area is 189 Å². The topological polar surface area (TPSA) is 67.9 Å². The quantitative estimate of drug-likeness (QED) is 0.584. The van der Waals surface area contributed by atoms with E-state index in [0.29, 0.717) is 43.3 Å². The summed E-state index contributed by atoms with van der Waals surface area (Å²) in [5, 5.41) is 4.98. The van der Waals surface area contributed by atoms with Crippen LogP contribution in [-0.4, -0.2) is 49.6 Å². The van der Waals surface area contributed by atoms with Gasteiger partial charge in [0, 0.05) is 28.8 Å². The van der Waals surface area contributed by atoms with Gasteiger partial charge in [0.1, 0.15) is 5.75 Å². The number of morpholine rings is 1. The largest absolute Gasteiger partial charge is 0.484 e. The van der Waals surface area contributed by atoms with Crippen LogP contribution in [0.15, 0.2) is 59.1 Å². The van der Waals surface area contributed by atoms with Crippen molar-refractivity contribution < 1.29 is 19.1 Å². The van der Waals surface area contributed by atoms with Gasteiger partial charge in [0.15, 0.2) is 6.61 Å². The highest BCUT2D eigenvalue weighted by Gasteiger charge is 2.21. The highest BCUT2D eigenvalue weighted by Crippen LogP contribution is 2.24. The summed E-state index contributed by atoms with van der Waals surface area (Å²) < 4.78 is 12.0. The summed E-state index contributed by atoms with van der Waals surface area (Å²) in [6.45, 7) is 3.96. The van der Waals surface area contributed by atoms with Crippen LogP contribution in [0.25, 0.3) is 10.8 Å². The average Bonchev–Trinajstić information content (AvgIpc) is 2.79. The molecule has 0 spiro atoms. The molecule has 1 heterocycles. The van der Waals surface area contributed by atoms with Gasteiger partial charge in [0.2, 0.25) is 0 Å². The van der Waals surface area contributed by atoms with Gasteiger partial charge in [-0.1, -0.05) is 34.1 Å². The van der Waals surface area contributed by atoms with Gasteiger partial charge in [-0.25, -0.2) is 0 Å². The Morgan fingerprint density at radius 2 is 1.81 bits per heavy atom. The summed E-state index contributed by atoms with van der Waals surface area (Å²) in [6, 6.07) is 17.0. The zero-order valence-corrected chi connectivity index (χ0v) is 18.8. The van der Waals surface area contributed by atoms with Crippen LogP contribution in [0.5, 0.6) is 5.75 Å². The third kappa shape index (κ3) is 5.06. The lowest BCUT2D eigenvalue weighted by atomic mass is 10.0. The second-order valence-corrected chi connectivity index (χ2v) is 8.29. The molecule has 160 valence electrons. The fraction of sp³-hybridized carbons (Fsp3) is 0.250. The lowest BCUT2D eigenvalue weighted by molar-refractivity contribution is -0.118. The van der Waals surface area contributed by atoms with Crippen molar-refractivity contribution in [3.8, 4) is 5.75 Å². The van der Waals surface area contributed by atoms with Crippen molar-refractivity contribution in [2.75, 3.05) is 38.2 Å². The molecule has 1 aliphatic rings. The first-order chi connectivity index (χ1) is 15.0. The smallest absolute Gasteiger partial charge is 0.262 e. The van der Waals surface area contributed by atoms with E-state index in [-0.39, 0.29) is 18.4 Å². The van der Waals surface area contributed by atoms with Crippen molar-refractivity contribution in [3.63, 3.8) is 0 Å². The number of carbonyl (C=O) groups excluding carboxylic acids is 2. The molecule has 3 aromatic rings. The number of rotatable bonds is 5. The predicted molar refractivity (Wildman–Crippen MR) is 124 cm³/mol. The maximum atomic E-state index is 12.8. The lowest BCUT2D eigenvalue weighted by Crippen LogP contribution is -2.41. The number of fused-ring (bicyclic) bond motifs is 1. The zero-order valence-electron chi connectivity index (χ0n) is 17.2. The number of hydrogen-bond donors (Lipinski definition) is 1. The van der Waals surface area contributed by atoms with Crippen LogP contribution < -0.4 is 10.1 Å². The highest BCUT2D eigenvalue weighted by atomic mass is 79.9. The molecule has 0 saturated carbocycles. The second kappa shape index (κ2) is 9.49. The molecule has 0 aromatic heterocycles. The molecule has 3 aromatic carbocycles. The van der Waals surface area contributed by atoms with Crippen LogP contribution in [0.1, 0.15) is 15.9 Å². The van der Waals surface area contributed by atoms with Crippen LogP contribution in [0.2, 0.25) is 0 Å². The van der Waals surface area contributed by atoms with Gasteiger partial charge in [0.25, 0.3) is 11.8 Å². The highest BCUT2D eigenvalue weighted by molar-refractivity contribution is 9.10. The molecule has 1 saturated heterocycles. The standard InChI is InChI=1S/C24H23BrN2O4/c1-16-21(24(29)27-9-11-30-12-10-27)3-2-4-22(16)26-23(28)15-31-20-8-6-17-13-19(25)7-5-18(17)14-20/h2-8,13-14H,9-12,15H2,1H3,(H,26,28). The summed E-state index contributed by atoms with van der Waals surface area (Å²) >= 11 is 3.46. The Morgan fingerprint density at radius 1 is 1.06 bits per heavy atom. The van der Waals surface area contributed by atoms with Crippen molar-refractivity contribution in [1.82, 2.24) is 4.90 Å². The van der Waals surface area contributed by atoms with Gasteiger partial charge in [0.05, 0.1) is 13.2 Å². The third-order valence-electron chi connectivity index (χ3n) is 5.28. The molecule has 0 radical (unpaired) electrons. The van der Waals surface area contributed by atoms with Crippen molar-refractivity contribution in [2.24, 2.45) is 0 Å². The molecular formula is C24H23BrN2O4. The van der Waals surface area contributed by atoms with Gasteiger partial charge < -0.3 is 19.7 Å². The summed E-state index contributed by atoms with van der Waals surface area (Å²) in [4.78, 5) is 27.1. The number of anilines is 1. The first-order valence-corrected chi connectivity index (χ1v) is 10.9. The number of halogens is 1. The molecule has 4 rings (SSSR count). The van der Waals surface area contributed by atoms with E-state index >= 15 is 0 Å². The summed E-state index contributed by atoms with van der Waals surface area (Å²) in [5.74, 6) is 0.295. The average molecular weight is 483 g/mol. The number of benzene rings is 3. The van der Waals surface area contributed by atoms with Gasteiger partial charge in [-0.2, -0.15) is 0 Å². The molecule has 1 N–H and O–H groups in total. The molecule has 0 unspecified atom stereocenters. The Kier molecular flexibility index (Phi) is 6.53. The van der Waals surface area contributed by atoms with E-state index < -0.39 is 0 Å². The maximum absolute atomic E-state index is 12.8. The van der Waals surface area contributed by atoms with Crippen molar-refractivity contribution >= 4 is 44.2 Å². The van der Waals surface area contributed by atoms with E-state index in [1.165, 1.54) is 0 Å². The Balaban J connectivity index is 1.40. The van der Waals surface area contributed by atoms with Crippen LogP contribution in [0.3, 0.4) is 0 Å². The van der Waals surface area contributed by atoms with E-state index in [9.17, 15) is 9.59 Å². The van der Waals surface area contributed by atoms with Crippen molar-refractivity contribution in [3.05, 3.63) is 70.2 Å². The van der Waals surface area contributed by atoms with Crippen molar-refractivity contribution in [2.45, 2.75) is 6.92 Å². The van der Waals surface area contributed by atoms with E-state index in [1.807, 2.05) is 43.3 Å². The van der Waals surface area contributed by atoms with Gasteiger partial charge in [-0.05, 0) is 59.7 Å². The van der Waals surface area contributed by atoms with Crippen LogP contribution in [0.4, 0.5) is 5.69 Å². The van der Waals surface area contributed by atoms with Gasteiger partial charge >= 0.3 is 0 Å². The summed E-state index contributed by atoms with van der Waals surface area (Å²) in [5.41, 5.74) is 1.93. The maximum Gasteiger partial charge on any atom is 0.262 e. The predicted octanol–water partition coefficient (Wildman–Crippen LogP) is 4.40. The number of amides is 2. The molecule has 7 heteroatoms. The van der Waals surface area contributed by atoms with E-state index in [1.54, 1.807) is 23.1 Å². The van der Waals surface area contributed by atoms with Crippen LogP contribution >= 0.6 is 15.9 Å². The summed E-state index contributed by atoms with van der Waals surface area (Å²) in [7, 11) is 0. The van der Waals surface area contributed by atoms with E-state index in [2.05, 4.69) is 21.2 Å². The van der Waals surface area contributed by atoms with E-state index in [4.69, 9.17) is 9.47 Å².